The van der Waals surface area contributed by atoms with Gasteiger partial charge in [0, 0.05) is 26.7 Å². The van der Waals surface area contributed by atoms with Gasteiger partial charge in [-0.25, -0.2) is 4.79 Å². The minimum absolute atomic E-state index is 0.0538. The fourth-order valence-corrected chi connectivity index (χ4v) is 2.56. The highest BCUT2D eigenvalue weighted by Crippen LogP contribution is 2.16. The zero-order valence-electron chi connectivity index (χ0n) is 12.7. The van der Waals surface area contributed by atoms with Gasteiger partial charge in [-0.3, -0.25) is 9.59 Å². The standard InChI is InChI=1S/C14H25N3O4/c1-3-5-10(13(19)20)8-16-14(21)17-7-4-6-11(9-17)12(18)15-2/h10-11H,3-9H2,1-2H3,(H,15,18)(H,16,21)(H,19,20). The molecule has 0 bridgehead atoms. The van der Waals surface area contributed by atoms with Crippen molar-refractivity contribution in [3.05, 3.63) is 0 Å². The van der Waals surface area contributed by atoms with Gasteiger partial charge in [0.25, 0.3) is 0 Å². The number of carbonyl (C=O) groups excluding carboxylic acids is 2. The summed E-state index contributed by atoms with van der Waals surface area (Å²) in [6, 6.07) is -0.286. The monoisotopic (exact) mass is 299 g/mol. The summed E-state index contributed by atoms with van der Waals surface area (Å²) in [6.07, 6.45) is 2.85. The van der Waals surface area contributed by atoms with Crippen LogP contribution in [-0.2, 0) is 9.59 Å². The third-order valence-electron chi connectivity index (χ3n) is 3.81. The number of hydrogen-bond donors (Lipinski definition) is 3. The summed E-state index contributed by atoms with van der Waals surface area (Å²) < 4.78 is 0. The quantitative estimate of drug-likeness (QED) is 0.671. The van der Waals surface area contributed by atoms with Gasteiger partial charge in [0.1, 0.15) is 0 Å². The van der Waals surface area contributed by atoms with E-state index in [4.69, 9.17) is 5.11 Å². The van der Waals surface area contributed by atoms with E-state index >= 15 is 0 Å². The van der Waals surface area contributed by atoms with Crippen LogP contribution in [-0.4, -0.2) is 54.6 Å². The second kappa shape index (κ2) is 8.49. The van der Waals surface area contributed by atoms with Gasteiger partial charge in [0.15, 0.2) is 0 Å². The Morgan fingerprint density at radius 3 is 2.67 bits per heavy atom. The summed E-state index contributed by atoms with van der Waals surface area (Å²) in [6.45, 7) is 3.03. The van der Waals surface area contributed by atoms with Crippen LogP contribution in [0.25, 0.3) is 0 Å². The lowest BCUT2D eigenvalue weighted by Gasteiger charge is -2.32. The highest BCUT2D eigenvalue weighted by molar-refractivity contribution is 5.80. The minimum atomic E-state index is -0.890. The Morgan fingerprint density at radius 1 is 1.38 bits per heavy atom. The molecule has 0 aromatic rings. The van der Waals surface area contributed by atoms with Crippen molar-refractivity contribution in [2.24, 2.45) is 11.8 Å². The topological polar surface area (TPSA) is 98.7 Å². The number of urea groups is 1. The van der Waals surface area contributed by atoms with Crippen molar-refractivity contribution in [1.82, 2.24) is 15.5 Å². The fraction of sp³-hybridized carbons (Fsp3) is 0.786. The molecule has 1 rings (SSSR count). The Morgan fingerprint density at radius 2 is 2.10 bits per heavy atom. The molecule has 1 aliphatic rings. The molecule has 1 heterocycles. The summed E-state index contributed by atoms with van der Waals surface area (Å²) in [5.74, 6) is -1.68. The SMILES string of the molecule is CCCC(CNC(=O)N1CCCC(C(=O)NC)C1)C(=O)O. The van der Waals surface area contributed by atoms with Crippen molar-refractivity contribution < 1.29 is 19.5 Å². The van der Waals surface area contributed by atoms with E-state index < -0.39 is 11.9 Å². The Balaban J connectivity index is 2.47. The molecule has 3 N–H and O–H groups in total. The van der Waals surface area contributed by atoms with Crippen LogP contribution < -0.4 is 10.6 Å². The van der Waals surface area contributed by atoms with Crippen molar-refractivity contribution in [3.8, 4) is 0 Å². The van der Waals surface area contributed by atoms with Crippen LogP contribution in [0.5, 0.6) is 0 Å². The molecular formula is C14H25N3O4. The first kappa shape index (κ1) is 17.3. The van der Waals surface area contributed by atoms with Gasteiger partial charge in [-0.05, 0) is 19.3 Å². The number of amides is 3. The van der Waals surface area contributed by atoms with Crippen LogP contribution in [0.4, 0.5) is 4.79 Å². The maximum atomic E-state index is 12.1. The zero-order chi connectivity index (χ0) is 15.8. The molecule has 3 amide bonds. The first-order chi connectivity index (χ1) is 9.99. The first-order valence-corrected chi connectivity index (χ1v) is 7.46. The molecule has 0 aromatic heterocycles. The van der Waals surface area contributed by atoms with E-state index in [1.165, 1.54) is 0 Å². The molecule has 7 heteroatoms. The van der Waals surface area contributed by atoms with Crippen LogP contribution in [0, 0.1) is 11.8 Å². The number of aliphatic carboxylic acids is 1. The normalized spacial score (nSPS) is 19.7. The summed E-state index contributed by atoms with van der Waals surface area (Å²) in [5, 5.41) is 14.3. The predicted molar refractivity (Wildman–Crippen MR) is 77.8 cm³/mol. The molecular weight excluding hydrogens is 274 g/mol. The Bertz CT molecular complexity index is 386. The van der Waals surface area contributed by atoms with Gasteiger partial charge in [-0.2, -0.15) is 0 Å². The first-order valence-electron chi connectivity index (χ1n) is 7.46. The second-order valence-electron chi connectivity index (χ2n) is 5.41. The molecule has 7 nitrogen and oxygen atoms in total. The fourth-order valence-electron chi connectivity index (χ4n) is 2.56. The number of carboxylic acids is 1. The predicted octanol–water partition coefficient (Wildman–Crippen LogP) is 0.655. The van der Waals surface area contributed by atoms with Gasteiger partial charge < -0.3 is 20.6 Å². The summed E-state index contributed by atoms with van der Waals surface area (Å²) in [5.41, 5.74) is 0. The van der Waals surface area contributed by atoms with Crippen LogP contribution in [0.15, 0.2) is 0 Å². The van der Waals surface area contributed by atoms with Crippen LogP contribution >= 0.6 is 0 Å². The molecule has 2 unspecified atom stereocenters. The summed E-state index contributed by atoms with van der Waals surface area (Å²) in [7, 11) is 1.59. The van der Waals surface area contributed by atoms with Crippen LogP contribution in [0.1, 0.15) is 32.6 Å². The highest BCUT2D eigenvalue weighted by atomic mass is 16.4. The third kappa shape index (κ3) is 5.24. The molecule has 0 saturated carbocycles. The Hall–Kier alpha value is -1.79. The Labute approximate surface area is 125 Å². The molecule has 120 valence electrons. The smallest absolute Gasteiger partial charge is 0.317 e. The number of likely N-dealkylation sites (tertiary alicyclic amines) is 1. The van der Waals surface area contributed by atoms with E-state index in [2.05, 4.69) is 10.6 Å². The van der Waals surface area contributed by atoms with Gasteiger partial charge in [-0.1, -0.05) is 13.3 Å². The number of rotatable bonds is 6. The van der Waals surface area contributed by atoms with E-state index in [9.17, 15) is 14.4 Å². The molecule has 21 heavy (non-hydrogen) atoms. The molecule has 1 fully saturated rings. The van der Waals surface area contributed by atoms with Crippen molar-refractivity contribution >= 4 is 17.9 Å². The lowest BCUT2D eigenvalue weighted by atomic mass is 9.97. The van der Waals surface area contributed by atoms with E-state index in [1.54, 1.807) is 11.9 Å². The maximum absolute atomic E-state index is 12.1. The minimum Gasteiger partial charge on any atom is -0.481 e. The van der Waals surface area contributed by atoms with Gasteiger partial charge in [-0.15, -0.1) is 0 Å². The largest absolute Gasteiger partial charge is 0.481 e. The van der Waals surface area contributed by atoms with Crippen molar-refractivity contribution in [3.63, 3.8) is 0 Å². The second-order valence-corrected chi connectivity index (χ2v) is 5.41. The van der Waals surface area contributed by atoms with Crippen LogP contribution in [0.3, 0.4) is 0 Å². The highest BCUT2D eigenvalue weighted by Gasteiger charge is 2.28. The van der Waals surface area contributed by atoms with Gasteiger partial charge in [0.2, 0.25) is 5.91 Å². The number of nitrogens with one attached hydrogen (secondary N) is 2. The van der Waals surface area contributed by atoms with Crippen molar-refractivity contribution in [1.29, 1.82) is 0 Å². The number of hydrogen-bond acceptors (Lipinski definition) is 3. The molecule has 1 aliphatic heterocycles. The molecule has 0 aromatic carbocycles. The van der Waals surface area contributed by atoms with Gasteiger partial charge in [0.05, 0.1) is 11.8 Å². The number of carboxylic acid groups (broad SMARTS) is 1. The van der Waals surface area contributed by atoms with E-state index in [0.717, 1.165) is 19.3 Å². The lowest BCUT2D eigenvalue weighted by Crippen LogP contribution is -2.49. The molecule has 0 radical (unpaired) electrons. The third-order valence-corrected chi connectivity index (χ3v) is 3.81. The number of carbonyl (C=O) groups is 3. The number of nitrogens with zero attached hydrogens (tertiary/aromatic N) is 1. The Kier molecular flexibility index (Phi) is 6.98. The number of piperidine rings is 1. The van der Waals surface area contributed by atoms with Crippen molar-refractivity contribution in [2.75, 3.05) is 26.7 Å². The van der Waals surface area contributed by atoms with Crippen molar-refractivity contribution in [2.45, 2.75) is 32.6 Å². The summed E-state index contributed by atoms with van der Waals surface area (Å²) >= 11 is 0. The van der Waals surface area contributed by atoms with Crippen LogP contribution in [0.2, 0.25) is 0 Å². The average molecular weight is 299 g/mol. The summed E-state index contributed by atoms with van der Waals surface area (Å²) in [4.78, 5) is 36.3. The molecule has 0 aliphatic carbocycles. The molecule has 0 spiro atoms. The van der Waals surface area contributed by atoms with E-state index in [1.807, 2.05) is 6.92 Å². The van der Waals surface area contributed by atoms with E-state index in [-0.39, 0.29) is 24.4 Å². The lowest BCUT2D eigenvalue weighted by molar-refractivity contribution is -0.141. The zero-order valence-corrected chi connectivity index (χ0v) is 12.7. The molecule has 1 saturated heterocycles. The molecule has 2 atom stereocenters. The van der Waals surface area contributed by atoms with Gasteiger partial charge >= 0.3 is 12.0 Å². The average Bonchev–Trinajstić information content (AvgIpc) is 2.50. The van der Waals surface area contributed by atoms with E-state index in [0.29, 0.717) is 19.5 Å². The maximum Gasteiger partial charge on any atom is 0.317 e.